The van der Waals surface area contributed by atoms with E-state index in [2.05, 4.69) is 15.3 Å². The molecular formula is C36H46N8O6S. The molecule has 272 valence electrons. The quantitative estimate of drug-likeness (QED) is 0.375. The van der Waals surface area contributed by atoms with Gasteiger partial charge in [-0.15, -0.1) is 0 Å². The molecule has 0 radical (unpaired) electrons. The third-order valence-corrected chi connectivity index (χ3v) is 12.2. The molecule has 4 amide bonds. The van der Waals surface area contributed by atoms with E-state index in [9.17, 15) is 22.8 Å². The van der Waals surface area contributed by atoms with Gasteiger partial charge in [-0.1, -0.05) is 24.3 Å². The zero-order valence-corrected chi connectivity index (χ0v) is 29.5. The van der Waals surface area contributed by atoms with Gasteiger partial charge in [0.25, 0.3) is 16.1 Å². The summed E-state index contributed by atoms with van der Waals surface area (Å²) >= 11 is 0. The van der Waals surface area contributed by atoms with Crippen LogP contribution in [0.5, 0.6) is 0 Å². The van der Waals surface area contributed by atoms with E-state index in [-0.39, 0.29) is 24.4 Å². The lowest BCUT2D eigenvalue weighted by Gasteiger charge is -2.40. The maximum Gasteiger partial charge on any atom is 0.410 e. The molecule has 14 nitrogen and oxygen atoms in total. The Morgan fingerprint density at radius 3 is 2.20 bits per heavy atom. The molecule has 1 atom stereocenters. The van der Waals surface area contributed by atoms with Crippen molar-refractivity contribution in [2.75, 3.05) is 51.1 Å². The van der Waals surface area contributed by atoms with E-state index >= 15 is 0 Å². The summed E-state index contributed by atoms with van der Waals surface area (Å²) in [5.41, 5.74) is 4.21. The molecule has 2 aromatic carbocycles. The number of nitrogens with zero attached hydrogens (tertiary/aromatic N) is 6. The summed E-state index contributed by atoms with van der Waals surface area (Å²) in [6.45, 7) is 3.38. The van der Waals surface area contributed by atoms with Gasteiger partial charge >= 0.3 is 12.1 Å². The number of anilines is 1. The summed E-state index contributed by atoms with van der Waals surface area (Å²) in [7, 11) is -3.68. The van der Waals surface area contributed by atoms with Gasteiger partial charge in [0.2, 0.25) is 0 Å². The van der Waals surface area contributed by atoms with E-state index in [1.165, 1.54) is 4.31 Å². The predicted octanol–water partition coefficient (Wildman–Crippen LogP) is 3.39. The molecule has 4 aliphatic heterocycles. The Morgan fingerprint density at radius 1 is 0.843 bits per heavy atom. The summed E-state index contributed by atoms with van der Waals surface area (Å²) in [4.78, 5) is 55.0. The highest BCUT2D eigenvalue weighted by Gasteiger charge is 2.37. The molecule has 15 heteroatoms. The normalized spacial score (nSPS) is 20.8. The largest absolute Gasteiger partial charge is 0.436 e. The fraction of sp³-hybridized carbons (Fsp3) is 0.528. The van der Waals surface area contributed by atoms with Gasteiger partial charge in [0.05, 0.1) is 11.0 Å². The Kier molecular flexibility index (Phi) is 10.4. The van der Waals surface area contributed by atoms with E-state index in [1.807, 2.05) is 47.4 Å². The van der Waals surface area contributed by atoms with Crippen molar-refractivity contribution in [3.63, 3.8) is 0 Å². The second-order valence-electron chi connectivity index (χ2n) is 14.1. The van der Waals surface area contributed by atoms with Gasteiger partial charge in [-0.3, -0.25) is 14.8 Å². The Hall–Kier alpha value is -4.34. The Morgan fingerprint density at radius 2 is 1.49 bits per heavy atom. The Balaban J connectivity index is 0.981. The van der Waals surface area contributed by atoms with Gasteiger partial charge in [0.1, 0.15) is 0 Å². The van der Waals surface area contributed by atoms with Crippen LogP contribution in [0.1, 0.15) is 49.7 Å². The first-order valence-electron chi connectivity index (χ1n) is 18.0. The van der Waals surface area contributed by atoms with Gasteiger partial charge in [-0.2, -0.15) is 12.7 Å². The number of nitrogens with one attached hydrogen (secondary N) is 1. The maximum atomic E-state index is 14.1. The zero-order chi connectivity index (χ0) is 35.5. The number of likely N-dealkylation sites (tertiary alicyclic amines) is 2. The smallest absolute Gasteiger partial charge is 0.410 e. The van der Waals surface area contributed by atoms with Gasteiger partial charge in [0, 0.05) is 76.4 Å². The molecular weight excluding hydrogens is 673 g/mol. The van der Waals surface area contributed by atoms with E-state index in [4.69, 9.17) is 9.88 Å². The van der Waals surface area contributed by atoms with Gasteiger partial charge in [-0.25, -0.2) is 14.7 Å². The second-order valence-corrected chi connectivity index (χ2v) is 15.7. The molecule has 3 N–H and O–H groups in total. The van der Waals surface area contributed by atoms with E-state index in [1.54, 1.807) is 22.2 Å². The standard InChI is InChI=1S/C36H46N8O6S/c37-51(48,49)43-20-9-27(10-21-43)26-7-16-41(17-8-26)34(45)33(24-25-5-6-31-32(23-25)39-15-14-38-31)50-36(47)42-18-12-29(13-19-42)44-22-11-28-3-1-2-4-30(28)40-35(44)46/h1-6,14-15,23,26-27,29,33H,7-13,16-22,24H2,(H,40,46)(H2,37,48,49)/t33-/m1/s1. The molecule has 5 heterocycles. The summed E-state index contributed by atoms with van der Waals surface area (Å²) < 4.78 is 30.9. The summed E-state index contributed by atoms with van der Waals surface area (Å²) in [6.07, 6.45) is 7.02. The van der Waals surface area contributed by atoms with Crippen molar-refractivity contribution in [1.29, 1.82) is 0 Å². The molecule has 0 spiro atoms. The average Bonchev–Trinajstić information content (AvgIpc) is 3.32. The number of amides is 4. The molecule has 0 aliphatic carbocycles. The van der Waals surface area contributed by atoms with E-state index in [0.717, 1.165) is 54.4 Å². The number of fused-ring (bicyclic) bond motifs is 2. The number of carbonyl (C=O) groups is 3. The van der Waals surface area contributed by atoms with Crippen LogP contribution in [0, 0.1) is 11.8 Å². The fourth-order valence-corrected chi connectivity index (χ4v) is 8.94. The minimum Gasteiger partial charge on any atom is -0.436 e. The number of hydrogen-bond donors (Lipinski definition) is 2. The first kappa shape index (κ1) is 35.1. The molecule has 1 aromatic heterocycles. The van der Waals surface area contributed by atoms with E-state index < -0.39 is 22.4 Å². The van der Waals surface area contributed by atoms with Crippen molar-refractivity contribution in [1.82, 2.24) is 29.0 Å². The lowest BCUT2D eigenvalue weighted by atomic mass is 9.79. The van der Waals surface area contributed by atoms with Crippen LogP contribution in [-0.4, -0.2) is 113 Å². The monoisotopic (exact) mass is 718 g/mol. The molecule has 0 bridgehead atoms. The number of aromatic nitrogens is 2. The van der Waals surface area contributed by atoms with Crippen molar-refractivity contribution in [2.24, 2.45) is 17.0 Å². The lowest BCUT2D eigenvalue weighted by molar-refractivity contribution is -0.142. The molecule has 51 heavy (non-hydrogen) atoms. The highest BCUT2D eigenvalue weighted by Crippen LogP contribution is 2.33. The molecule has 0 unspecified atom stereocenters. The third kappa shape index (κ3) is 8.10. The second kappa shape index (κ2) is 15.1. The summed E-state index contributed by atoms with van der Waals surface area (Å²) in [6, 6.07) is 13.3. The highest BCUT2D eigenvalue weighted by atomic mass is 32.2. The molecule has 3 saturated heterocycles. The minimum absolute atomic E-state index is 0.00672. The van der Waals surface area contributed by atoms with Crippen LogP contribution in [0.3, 0.4) is 0 Å². The minimum atomic E-state index is -3.68. The van der Waals surface area contributed by atoms with Crippen molar-refractivity contribution in [2.45, 2.75) is 63.5 Å². The number of urea groups is 1. The van der Waals surface area contributed by atoms with Crippen LogP contribution in [0.4, 0.5) is 15.3 Å². The van der Waals surface area contributed by atoms with E-state index in [0.29, 0.717) is 76.0 Å². The highest BCUT2D eigenvalue weighted by molar-refractivity contribution is 7.86. The first-order valence-corrected chi connectivity index (χ1v) is 19.5. The number of ether oxygens (including phenoxy) is 1. The maximum absolute atomic E-state index is 14.1. The summed E-state index contributed by atoms with van der Waals surface area (Å²) in [5, 5.41) is 8.37. The third-order valence-electron chi connectivity index (χ3n) is 11.2. The zero-order valence-electron chi connectivity index (χ0n) is 28.7. The number of hydrogen-bond acceptors (Lipinski definition) is 8. The first-order chi connectivity index (χ1) is 24.6. The van der Waals surface area contributed by atoms with Crippen LogP contribution in [-0.2, 0) is 32.6 Å². The van der Waals surface area contributed by atoms with Crippen LogP contribution in [0.2, 0.25) is 0 Å². The lowest BCUT2D eigenvalue weighted by Crippen LogP contribution is -2.52. The van der Waals surface area contributed by atoms with Crippen LogP contribution < -0.4 is 10.5 Å². The Bertz CT molecular complexity index is 1850. The Labute approximate surface area is 298 Å². The molecule has 7 rings (SSSR count). The molecule has 3 aromatic rings. The SMILES string of the molecule is NS(=O)(=O)N1CCC(C2CCN(C(=O)[C@@H](Cc3ccc4nccnc4c3)OC(=O)N3CCC(N4CCc5ccccc5NC4=O)CC3)CC2)CC1. The number of piperidine rings is 3. The summed E-state index contributed by atoms with van der Waals surface area (Å²) in [5.74, 6) is 0.547. The number of para-hydroxylation sites is 1. The molecule has 0 saturated carbocycles. The number of nitrogens with two attached hydrogens (primary N) is 1. The van der Waals surface area contributed by atoms with Gasteiger partial charge in [-0.05, 0) is 86.1 Å². The van der Waals surface area contributed by atoms with Crippen LogP contribution in [0.25, 0.3) is 11.0 Å². The topological polar surface area (TPSA) is 171 Å². The van der Waals surface area contributed by atoms with Crippen LogP contribution >= 0.6 is 0 Å². The van der Waals surface area contributed by atoms with Gasteiger partial charge in [0.15, 0.2) is 6.10 Å². The van der Waals surface area contributed by atoms with Gasteiger partial charge < -0.3 is 24.8 Å². The molecule has 4 aliphatic rings. The number of carbonyl (C=O) groups excluding carboxylic acids is 3. The fourth-order valence-electron chi connectivity index (χ4n) is 8.22. The molecule has 3 fully saturated rings. The van der Waals surface area contributed by atoms with Crippen molar-refractivity contribution in [3.05, 3.63) is 66.0 Å². The van der Waals surface area contributed by atoms with Crippen molar-refractivity contribution >= 4 is 45.0 Å². The average molecular weight is 719 g/mol. The van der Waals surface area contributed by atoms with Crippen molar-refractivity contribution < 1.29 is 27.5 Å². The van der Waals surface area contributed by atoms with Crippen LogP contribution in [0.15, 0.2) is 54.9 Å². The predicted molar refractivity (Wildman–Crippen MR) is 191 cm³/mol. The number of rotatable bonds is 7. The van der Waals surface area contributed by atoms with Crippen molar-refractivity contribution in [3.8, 4) is 0 Å². The number of benzene rings is 2.